The second kappa shape index (κ2) is 8.58. The molecule has 0 bridgehead atoms. The summed E-state index contributed by atoms with van der Waals surface area (Å²) in [4.78, 5) is 28.5. The maximum Gasteiger partial charge on any atom is 0.228 e. The van der Waals surface area contributed by atoms with Crippen LogP contribution < -0.4 is 10.6 Å². The first-order valence-corrected chi connectivity index (χ1v) is 8.99. The van der Waals surface area contributed by atoms with E-state index in [0.29, 0.717) is 34.7 Å². The minimum absolute atomic E-state index is 0. The number of nitrogens with two attached hydrogens (primary N) is 1. The highest BCUT2D eigenvalue weighted by atomic mass is 35.5. The highest BCUT2D eigenvalue weighted by Crippen LogP contribution is 2.31. The largest absolute Gasteiger partial charge is 0.342 e. The van der Waals surface area contributed by atoms with Gasteiger partial charge in [-0.1, -0.05) is 23.2 Å². The molecule has 1 atom stereocenters. The molecular weight excluding hydrogens is 385 g/mol. The first kappa shape index (κ1) is 20.3. The van der Waals surface area contributed by atoms with Crippen LogP contribution in [0.5, 0.6) is 0 Å². The summed E-state index contributed by atoms with van der Waals surface area (Å²) in [5.74, 6) is 0.201. The Balaban J connectivity index is 0.00000225. The third-order valence-electron chi connectivity index (χ3n) is 4.89. The Labute approximate surface area is 163 Å². The van der Waals surface area contributed by atoms with E-state index in [1.807, 2.05) is 4.90 Å². The lowest BCUT2D eigenvalue weighted by Crippen LogP contribution is -2.43. The number of hydrogen-bond donors (Lipinski definition) is 1. The quantitative estimate of drug-likeness (QED) is 0.839. The Morgan fingerprint density at radius 1 is 1.16 bits per heavy atom. The van der Waals surface area contributed by atoms with Crippen LogP contribution in [0.15, 0.2) is 18.2 Å². The van der Waals surface area contributed by atoms with Crippen molar-refractivity contribution in [2.75, 3.05) is 31.1 Å². The van der Waals surface area contributed by atoms with Crippen LogP contribution in [0.2, 0.25) is 10.0 Å². The summed E-state index contributed by atoms with van der Waals surface area (Å²) < 4.78 is 0. The van der Waals surface area contributed by atoms with Crippen molar-refractivity contribution in [1.29, 1.82) is 0 Å². The zero-order chi connectivity index (χ0) is 17.3. The standard InChI is InChI=1S/C17H21Cl2N3O2.ClH/c18-13-6-14(19)8-15(7-13)22-10-12(5-16(22)23)17(24)21-3-1-11(9-20)2-4-21;/h6-8,11-12H,1-5,9-10,20H2;1H. The molecule has 2 amide bonds. The zero-order valence-corrected chi connectivity index (χ0v) is 16.1. The van der Waals surface area contributed by atoms with Crippen molar-refractivity contribution in [2.24, 2.45) is 17.6 Å². The van der Waals surface area contributed by atoms with Gasteiger partial charge in [0.2, 0.25) is 11.8 Å². The molecule has 2 aliphatic heterocycles. The van der Waals surface area contributed by atoms with Gasteiger partial charge in [-0.15, -0.1) is 12.4 Å². The Kier molecular flexibility index (Phi) is 6.97. The van der Waals surface area contributed by atoms with Crippen LogP contribution in [-0.2, 0) is 9.59 Å². The molecule has 3 rings (SSSR count). The predicted molar refractivity (Wildman–Crippen MR) is 103 cm³/mol. The number of halogens is 3. The summed E-state index contributed by atoms with van der Waals surface area (Å²) in [7, 11) is 0. The number of nitrogens with zero attached hydrogens (tertiary/aromatic N) is 2. The molecule has 8 heteroatoms. The molecule has 1 unspecified atom stereocenters. The van der Waals surface area contributed by atoms with Crippen molar-refractivity contribution >= 4 is 53.1 Å². The average Bonchev–Trinajstić information content (AvgIpc) is 2.95. The molecule has 0 aliphatic carbocycles. The Morgan fingerprint density at radius 3 is 2.32 bits per heavy atom. The van der Waals surface area contributed by atoms with Crippen LogP contribution in [0.4, 0.5) is 5.69 Å². The molecule has 138 valence electrons. The van der Waals surface area contributed by atoms with E-state index in [4.69, 9.17) is 28.9 Å². The first-order chi connectivity index (χ1) is 11.5. The number of carbonyl (C=O) groups is 2. The third-order valence-corrected chi connectivity index (χ3v) is 5.33. The van der Waals surface area contributed by atoms with Gasteiger partial charge in [-0.2, -0.15) is 0 Å². The molecule has 1 aromatic carbocycles. The molecule has 2 N–H and O–H groups in total. The highest BCUT2D eigenvalue weighted by Gasteiger charge is 2.38. The van der Waals surface area contributed by atoms with Crippen molar-refractivity contribution < 1.29 is 9.59 Å². The van der Waals surface area contributed by atoms with Gasteiger partial charge in [0.1, 0.15) is 0 Å². The summed E-state index contributed by atoms with van der Waals surface area (Å²) in [5, 5.41) is 0.952. The van der Waals surface area contributed by atoms with Gasteiger partial charge in [-0.25, -0.2) is 0 Å². The highest BCUT2D eigenvalue weighted by molar-refractivity contribution is 6.35. The molecular formula is C17H22Cl3N3O2. The number of likely N-dealkylation sites (tertiary alicyclic amines) is 1. The number of rotatable bonds is 3. The molecule has 0 saturated carbocycles. The van der Waals surface area contributed by atoms with Gasteiger partial charge in [0.05, 0.1) is 5.92 Å². The van der Waals surface area contributed by atoms with E-state index in [9.17, 15) is 9.59 Å². The van der Waals surface area contributed by atoms with Crippen LogP contribution in [0.3, 0.4) is 0 Å². The Morgan fingerprint density at radius 2 is 1.76 bits per heavy atom. The maximum absolute atomic E-state index is 12.7. The lowest BCUT2D eigenvalue weighted by molar-refractivity contribution is -0.137. The van der Waals surface area contributed by atoms with Gasteiger partial charge < -0.3 is 15.5 Å². The molecule has 0 spiro atoms. The van der Waals surface area contributed by atoms with Crippen molar-refractivity contribution in [3.63, 3.8) is 0 Å². The van der Waals surface area contributed by atoms with Crippen molar-refractivity contribution in [3.05, 3.63) is 28.2 Å². The smallest absolute Gasteiger partial charge is 0.228 e. The zero-order valence-electron chi connectivity index (χ0n) is 13.8. The van der Waals surface area contributed by atoms with Gasteiger partial charge in [-0.3, -0.25) is 9.59 Å². The first-order valence-electron chi connectivity index (χ1n) is 8.23. The van der Waals surface area contributed by atoms with E-state index in [-0.39, 0.29) is 36.6 Å². The van der Waals surface area contributed by atoms with Gasteiger partial charge in [0, 0.05) is 41.8 Å². The number of carbonyl (C=O) groups excluding carboxylic acids is 2. The second-order valence-corrected chi connectivity index (χ2v) is 7.41. The van der Waals surface area contributed by atoms with Gasteiger partial charge >= 0.3 is 0 Å². The van der Waals surface area contributed by atoms with Crippen LogP contribution in [-0.4, -0.2) is 42.9 Å². The van der Waals surface area contributed by atoms with Gasteiger partial charge in [-0.05, 0) is 43.5 Å². The third kappa shape index (κ3) is 4.59. The fraction of sp³-hybridized carbons (Fsp3) is 0.529. The lowest BCUT2D eigenvalue weighted by atomic mass is 9.95. The molecule has 2 heterocycles. The minimum atomic E-state index is -0.301. The molecule has 5 nitrogen and oxygen atoms in total. The summed E-state index contributed by atoms with van der Waals surface area (Å²) in [6.07, 6.45) is 2.12. The second-order valence-electron chi connectivity index (χ2n) is 6.54. The minimum Gasteiger partial charge on any atom is -0.342 e. The Hall–Kier alpha value is -1.01. The predicted octanol–water partition coefficient (Wildman–Crippen LogP) is 2.97. The SMILES string of the molecule is Cl.NCC1CCN(C(=O)C2CC(=O)N(c3cc(Cl)cc(Cl)c3)C2)CC1. The molecule has 2 fully saturated rings. The van der Waals surface area contributed by atoms with Crippen molar-refractivity contribution in [2.45, 2.75) is 19.3 Å². The van der Waals surface area contributed by atoms with E-state index in [0.717, 1.165) is 25.9 Å². The van der Waals surface area contributed by atoms with Crippen LogP contribution in [0.1, 0.15) is 19.3 Å². The number of anilines is 1. The van der Waals surface area contributed by atoms with Gasteiger partial charge in [0.25, 0.3) is 0 Å². The topological polar surface area (TPSA) is 66.6 Å². The summed E-state index contributed by atoms with van der Waals surface area (Å²) >= 11 is 12.0. The van der Waals surface area contributed by atoms with E-state index in [1.165, 1.54) is 0 Å². The Bertz CT molecular complexity index is 628. The fourth-order valence-corrected chi connectivity index (χ4v) is 3.98. The fourth-order valence-electron chi connectivity index (χ4n) is 3.46. The molecule has 2 aliphatic rings. The van der Waals surface area contributed by atoms with Crippen LogP contribution >= 0.6 is 35.6 Å². The molecule has 0 radical (unpaired) electrons. The maximum atomic E-state index is 12.7. The molecule has 0 aromatic heterocycles. The molecule has 2 saturated heterocycles. The van der Waals surface area contributed by atoms with E-state index in [2.05, 4.69) is 0 Å². The average molecular weight is 407 g/mol. The summed E-state index contributed by atoms with van der Waals surface area (Å²) in [6, 6.07) is 5.02. The van der Waals surface area contributed by atoms with Crippen molar-refractivity contribution in [1.82, 2.24) is 4.90 Å². The molecule has 1 aromatic rings. The van der Waals surface area contributed by atoms with E-state index < -0.39 is 0 Å². The number of hydrogen-bond acceptors (Lipinski definition) is 3. The number of amides is 2. The summed E-state index contributed by atoms with van der Waals surface area (Å²) in [5.41, 5.74) is 6.34. The van der Waals surface area contributed by atoms with E-state index >= 15 is 0 Å². The molecule has 25 heavy (non-hydrogen) atoms. The number of piperidine rings is 1. The summed E-state index contributed by atoms with van der Waals surface area (Å²) in [6.45, 7) is 2.52. The van der Waals surface area contributed by atoms with Crippen LogP contribution in [0, 0.1) is 11.8 Å². The lowest BCUT2D eigenvalue weighted by Gasteiger charge is -2.33. The monoisotopic (exact) mass is 405 g/mol. The normalized spacial score (nSPS) is 21.4. The van der Waals surface area contributed by atoms with Crippen molar-refractivity contribution in [3.8, 4) is 0 Å². The number of benzene rings is 1. The van der Waals surface area contributed by atoms with E-state index in [1.54, 1.807) is 23.1 Å². The van der Waals surface area contributed by atoms with Gasteiger partial charge in [0.15, 0.2) is 0 Å². The van der Waals surface area contributed by atoms with Crippen LogP contribution in [0.25, 0.3) is 0 Å².